The third-order valence-corrected chi connectivity index (χ3v) is 4.97. The fourth-order valence-corrected chi connectivity index (χ4v) is 3.60. The molecule has 108 valence electrons. The molecular formula is C17H29NO. The minimum atomic E-state index is 0.369. The maximum atomic E-state index is 12.1. The van der Waals surface area contributed by atoms with Gasteiger partial charge in [0.05, 0.1) is 0 Å². The van der Waals surface area contributed by atoms with Crippen molar-refractivity contribution in [2.24, 2.45) is 17.8 Å². The Morgan fingerprint density at radius 1 is 1.37 bits per heavy atom. The first kappa shape index (κ1) is 14.6. The van der Waals surface area contributed by atoms with Gasteiger partial charge in [-0.1, -0.05) is 38.8 Å². The second kappa shape index (κ2) is 6.58. The highest BCUT2D eigenvalue weighted by atomic mass is 16.2. The van der Waals surface area contributed by atoms with E-state index in [1.807, 2.05) is 0 Å². The van der Waals surface area contributed by atoms with E-state index < -0.39 is 0 Å². The summed E-state index contributed by atoms with van der Waals surface area (Å²) in [5.41, 5.74) is 1.65. The molecule has 1 amide bonds. The summed E-state index contributed by atoms with van der Waals surface area (Å²) in [5, 5.41) is 0. The Hall–Kier alpha value is -0.790. The smallest absolute Gasteiger partial charge is 0.222 e. The van der Waals surface area contributed by atoms with Crippen LogP contribution in [0.5, 0.6) is 0 Å². The van der Waals surface area contributed by atoms with Crippen LogP contribution >= 0.6 is 0 Å². The highest BCUT2D eigenvalue weighted by molar-refractivity contribution is 5.76. The molecule has 0 spiro atoms. The second-order valence-corrected chi connectivity index (χ2v) is 6.48. The maximum Gasteiger partial charge on any atom is 0.222 e. The van der Waals surface area contributed by atoms with E-state index in [1.165, 1.54) is 25.7 Å². The van der Waals surface area contributed by atoms with E-state index in [-0.39, 0.29) is 0 Å². The summed E-state index contributed by atoms with van der Waals surface area (Å²) in [4.78, 5) is 14.2. The lowest BCUT2D eigenvalue weighted by atomic mass is 9.79. The highest BCUT2D eigenvalue weighted by Crippen LogP contribution is 2.37. The van der Waals surface area contributed by atoms with Gasteiger partial charge in [0.1, 0.15) is 0 Å². The summed E-state index contributed by atoms with van der Waals surface area (Å²) in [5.74, 6) is 2.56. The van der Waals surface area contributed by atoms with Gasteiger partial charge >= 0.3 is 0 Å². The van der Waals surface area contributed by atoms with Crippen molar-refractivity contribution in [3.8, 4) is 0 Å². The lowest BCUT2D eigenvalue weighted by molar-refractivity contribution is -0.130. The van der Waals surface area contributed by atoms with Crippen molar-refractivity contribution in [3.63, 3.8) is 0 Å². The number of amides is 1. The summed E-state index contributed by atoms with van der Waals surface area (Å²) in [7, 11) is 0. The molecule has 3 unspecified atom stereocenters. The average Bonchev–Trinajstić information content (AvgIpc) is 2.84. The monoisotopic (exact) mass is 263 g/mol. The second-order valence-electron chi connectivity index (χ2n) is 6.48. The Morgan fingerprint density at radius 3 is 2.74 bits per heavy atom. The minimum Gasteiger partial charge on any atom is -0.342 e. The van der Waals surface area contributed by atoms with Crippen molar-refractivity contribution >= 4 is 5.91 Å². The van der Waals surface area contributed by atoms with E-state index in [4.69, 9.17) is 0 Å². The topological polar surface area (TPSA) is 20.3 Å². The van der Waals surface area contributed by atoms with Crippen LogP contribution < -0.4 is 0 Å². The zero-order valence-corrected chi connectivity index (χ0v) is 12.8. The molecule has 2 aliphatic rings. The van der Waals surface area contributed by atoms with Gasteiger partial charge in [-0.05, 0) is 37.5 Å². The van der Waals surface area contributed by atoms with Crippen molar-refractivity contribution in [2.45, 2.75) is 59.3 Å². The Labute approximate surface area is 118 Å². The average molecular weight is 263 g/mol. The molecule has 0 radical (unpaired) electrons. The highest BCUT2D eigenvalue weighted by Gasteiger charge is 2.36. The molecule has 2 nitrogen and oxygen atoms in total. The van der Waals surface area contributed by atoms with Crippen LogP contribution in [0.2, 0.25) is 0 Å². The summed E-state index contributed by atoms with van der Waals surface area (Å²) >= 11 is 0. The van der Waals surface area contributed by atoms with Gasteiger partial charge in [-0.3, -0.25) is 4.79 Å². The molecule has 2 heteroatoms. The van der Waals surface area contributed by atoms with E-state index in [9.17, 15) is 4.79 Å². The lowest BCUT2D eigenvalue weighted by Gasteiger charge is -2.25. The van der Waals surface area contributed by atoms with Gasteiger partial charge in [0.25, 0.3) is 0 Å². The normalized spacial score (nSPS) is 31.4. The Morgan fingerprint density at radius 2 is 2.16 bits per heavy atom. The van der Waals surface area contributed by atoms with Crippen molar-refractivity contribution in [1.29, 1.82) is 0 Å². The molecule has 1 aliphatic carbocycles. The standard InChI is InChI=1S/C17H29NO/c1-4-6-17(19)18-11-14(5-2)16(12-18)15-9-7-13(3)8-10-15/h9,13-14,16H,4-8,10-12H2,1-3H3. The number of likely N-dealkylation sites (tertiary alicyclic amines) is 1. The van der Waals surface area contributed by atoms with Crippen LogP contribution in [0.25, 0.3) is 0 Å². The molecule has 0 bridgehead atoms. The number of hydrogen-bond donors (Lipinski definition) is 0. The fraction of sp³-hybridized carbons (Fsp3) is 0.824. The van der Waals surface area contributed by atoms with Crippen LogP contribution in [0.15, 0.2) is 11.6 Å². The molecule has 1 aliphatic heterocycles. The van der Waals surface area contributed by atoms with Crippen LogP contribution in [-0.2, 0) is 4.79 Å². The molecule has 0 aromatic rings. The van der Waals surface area contributed by atoms with Gasteiger partial charge < -0.3 is 4.90 Å². The summed E-state index contributed by atoms with van der Waals surface area (Å²) < 4.78 is 0. The molecule has 0 aromatic heterocycles. The van der Waals surface area contributed by atoms with Gasteiger partial charge in [-0.2, -0.15) is 0 Å². The largest absolute Gasteiger partial charge is 0.342 e. The van der Waals surface area contributed by atoms with Gasteiger partial charge in [0.15, 0.2) is 0 Å². The van der Waals surface area contributed by atoms with Crippen LogP contribution in [-0.4, -0.2) is 23.9 Å². The maximum absolute atomic E-state index is 12.1. The molecule has 1 heterocycles. The predicted molar refractivity (Wildman–Crippen MR) is 79.9 cm³/mol. The number of carbonyl (C=O) groups excluding carboxylic acids is 1. The minimum absolute atomic E-state index is 0.369. The third-order valence-electron chi connectivity index (χ3n) is 4.97. The van der Waals surface area contributed by atoms with E-state index >= 15 is 0 Å². The summed E-state index contributed by atoms with van der Waals surface area (Å²) in [6.45, 7) is 8.69. The van der Waals surface area contributed by atoms with Gasteiger partial charge in [-0.15, -0.1) is 0 Å². The fourth-order valence-electron chi connectivity index (χ4n) is 3.60. The zero-order valence-electron chi connectivity index (χ0n) is 12.8. The summed E-state index contributed by atoms with van der Waals surface area (Å²) in [6, 6.07) is 0. The molecule has 0 saturated carbocycles. The third kappa shape index (κ3) is 3.40. The van der Waals surface area contributed by atoms with Crippen LogP contribution in [0, 0.1) is 17.8 Å². The van der Waals surface area contributed by atoms with Gasteiger partial charge in [0.2, 0.25) is 5.91 Å². The first-order chi connectivity index (χ1) is 9.15. The molecule has 3 atom stereocenters. The molecule has 1 fully saturated rings. The van der Waals surface area contributed by atoms with Crippen LogP contribution in [0.1, 0.15) is 59.3 Å². The molecule has 1 saturated heterocycles. The lowest BCUT2D eigenvalue weighted by Crippen LogP contribution is -2.28. The molecule has 2 rings (SSSR count). The van der Waals surface area contributed by atoms with E-state index in [0.29, 0.717) is 17.7 Å². The van der Waals surface area contributed by atoms with Crippen LogP contribution in [0.4, 0.5) is 0 Å². The van der Waals surface area contributed by atoms with Crippen molar-refractivity contribution in [2.75, 3.05) is 13.1 Å². The first-order valence-electron chi connectivity index (χ1n) is 8.12. The Bertz CT molecular complexity index is 347. The molecule has 19 heavy (non-hydrogen) atoms. The van der Waals surface area contributed by atoms with E-state index in [0.717, 1.165) is 31.8 Å². The van der Waals surface area contributed by atoms with Crippen molar-refractivity contribution < 1.29 is 4.79 Å². The molecular weight excluding hydrogens is 234 g/mol. The SMILES string of the molecule is CCCC(=O)N1CC(CC)C(C2=CCC(C)CC2)C1. The predicted octanol–water partition coefficient (Wildman–Crippen LogP) is 4.02. The van der Waals surface area contributed by atoms with Crippen molar-refractivity contribution in [3.05, 3.63) is 11.6 Å². The number of hydrogen-bond acceptors (Lipinski definition) is 1. The van der Waals surface area contributed by atoms with E-state index in [1.54, 1.807) is 5.57 Å². The Kier molecular flexibility index (Phi) is 5.06. The number of nitrogens with zero attached hydrogens (tertiary/aromatic N) is 1. The van der Waals surface area contributed by atoms with Crippen LogP contribution in [0.3, 0.4) is 0 Å². The summed E-state index contributed by atoms with van der Waals surface area (Å²) in [6.07, 6.45) is 9.21. The molecule has 0 N–H and O–H groups in total. The zero-order chi connectivity index (χ0) is 13.8. The van der Waals surface area contributed by atoms with Crippen molar-refractivity contribution in [1.82, 2.24) is 4.90 Å². The molecule has 0 aromatic carbocycles. The first-order valence-corrected chi connectivity index (χ1v) is 8.12. The van der Waals surface area contributed by atoms with E-state index in [2.05, 4.69) is 31.7 Å². The van der Waals surface area contributed by atoms with Gasteiger partial charge in [-0.25, -0.2) is 0 Å². The number of rotatable bonds is 4. The number of allylic oxidation sites excluding steroid dienone is 1. The van der Waals surface area contributed by atoms with Gasteiger partial charge in [0, 0.05) is 25.4 Å². The quantitative estimate of drug-likeness (QED) is 0.702. The number of carbonyl (C=O) groups is 1. The Balaban J connectivity index is 2.02.